The number of carbonyl (C=O) groups excluding carboxylic acids is 1. The molecule has 0 atom stereocenters. The van der Waals surface area contributed by atoms with Gasteiger partial charge in [-0.3, -0.25) is 29.9 Å². The first kappa shape index (κ1) is 15.8. The van der Waals surface area contributed by atoms with E-state index in [-0.39, 0.29) is 12.2 Å². The van der Waals surface area contributed by atoms with Crippen LogP contribution in [0.1, 0.15) is 0 Å². The van der Waals surface area contributed by atoms with E-state index in [9.17, 15) is 25.0 Å². The summed E-state index contributed by atoms with van der Waals surface area (Å²) in [5.41, 5.74) is -0.976. The van der Waals surface area contributed by atoms with Crippen LogP contribution >= 0.6 is 0 Å². The Hall–Kier alpha value is -2.59. The van der Waals surface area contributed by atoms with Crippen LogP contribution in [-0.2, 0) is 9.53 Å². The number of anilines is 1. The van der Waals surface area contributed by atoms with Crippen LogP contribution in [0.2, 0.25) is 0 Å². The minimum absolute atomic E-state index is 0.0612. The van der Waals surface area contributed by atoms with Gasteiger partial charge < -0.3 is 10.1 Å². The average molecular weight is 310 g/mol. The number of nitro groups is 2. The second-order valence-electron chi connectivity index (χ2n) is 4.65. The predicted octanol–water partition coefficient (Wildman–Crippen LogP) is 0.774. The zero-order valence-electron chi connectivity index (χ0n) is 11.6. The number of non-ortho nitro benzene ring substituents is 1. The van der Waals surface area contributed by atoms with Crippen LogP contribution in [-0.4, -0.2) is 53.5 Å². The molecular formula is C12H14N4O6. The minimum atomic E-state index is -0.767. The summed E-state index contributed by atoms with van der Waals surface area (Å²) in [4.78, 5) is 33.9. The van der Waals surface area contributed by atoms with Crippen LogP contribution < -0.4 is 5.32 Å². The molecule has 1 saturated heterocycles. The van der Waals surface area contributed by atoms with Crippen molar-refractivity contribution in [3.8, 4) is 0 Å². The summed E-state index contributed by atoms with van der Waals surface area (Å²) in [6.45, 7) is 2.36. The third-order valence-corrected chi connectivity index (χ3v) is 3.13. The minimum Gasteiger partial charge on any atom is -0.379 e. The number of hydrogen-bond acceptors (Lipinski definition) is 7. The van der Waals surface area contributed by atoms with Crippen LogP contribution in [0.3, 0.4) is 0 Å². The van der Waals surface area contributed by atoms with Crippen molar-refractivity contribution in [1.29, 1.82) is 0 Å². The fourth-order valence-electron chi connectivity index (χ4n) is 2.04. The maximum Gasteiger partial charge on any atom is 0.299 e. The highest BCUT2D eigenvalue weighted by molar-refractivity contribution is 5.94. The quantitative estimate of drug-likeness (QED) is 0.628. The first-order valence-electron chi connectivity index (χ1n) is 6.50. The molecule has 1 heterocycles. The Balaban J connectivity index is 2.09. The molecule has 0 aromatic heterocycles. The van der Waals surface area contributed by atoms with Crippen molar-refractivity contribution in [2.45, 2.75) is 0 Å². The van der Waals surface area contributed by atoms with Gasteiger partial charge >= 0.3 is 0 Å². The van der Waals surface area contributed by atoms with E-state index in [1.807, 2.05) is 4.90 Å². The van der Waals surface area contributed by atoms with Gasteiger partial charge in [0.05, 0.1) is 35.7 Å². The maximum absolute atomic E-state index is 11.9. The molecule has 22 heavy (non-hydrogen) atoms. The summed E-state index contributed by atoms with van der Waals surface area (Å²) < 4.78 is 5.16. The van der Waals surface area contributed by atoms with Gasteiger partial charge in [0.1, 0.15) is 5.69 Å². The number of nitrogens with zero attached hydrogens (tertiary/aromatic N) is 3. The molecule has 0 spiro atoms. The normalized spacial score (nSPS) is 15.3. The van der Waals surface area contributed by atoms with Gasteiger partial charge in [0.2, 0.25) is 5.91 Å². The molecule has 0 aliphatic carbocycles. The smallest absolute Gasteiger partial charge is 0.299 e. The van der Waals surface area contributed by atoms with Crippen LogP contribution in [0.5, 0.6) is 0 Å². The molecule has 0 unspecified atom stereocenters. The Labute approximate surface area is 125 Å². The van der Waals surface area contributed by atoms with E-state index in [4.69, 9.17) is 4.74 Å². The number of carbonyl (C=O) groups is 1. The summed E-state index contributed by atoms with van der Waals surface area (Å²) in [7, 11) is 0. The highest BCUT2D eigenvalue weighted by atomic mass is 16.6. The zero-order chi connectivity index (χ0) is 16.1. The Morgan fingerprint density at radius 1 is 1.23 bits per heavy atom. The van der Waals surface area contributed by atoms with Crippen molar-refractivity contribution in [2.75, 3.05) is 38.2 Å². The second kappa shape index (κ2) is 6.91. The number of benzene rings is 1. The lowest BCUT2D eigenvalue weighted by molar-refractivity contribution is -0.393. The van der Waals surface area contributed by atoms with E-state index in [1.165, 1.54) is 0 Å². The van der Waals surface area contributed by atoms with E-state index >= 15 is 0 Å². The molecule has 1 amide bonds. The monoisotopic (exact) mass is 310 g/mol. The molecule has 0 bridgehead atoms. The van der Waals surface area contributed by atoms with E-state index in [2.05, 4.69) is 5.32 Å². The number of hydrogen-bond donors (Lipinski definition) is 1. The molecule has 1 aliphatic heterocycles. The third-order valence-electron chi connectivity index (χ3n) is 3.13. The summed E-state index contributed by atoms with van der Waals surface area (Å²) in [5, 5.41) is 24.0. The molecule has 1 N–H and O–H groups in total. The molecule has 1 aromatic carbocycles. The molecule has 1 aliphatic rings. The standard InChI is InChI=1S/C12H14N4O6/c17-12(8-14-3-5-22-6-4-14)13-10-2-1-9(15(18)19)7-11(10)16(20)21/h1-2,7H,3-6,8H2,(H,13,17). The van der Waals surface area contributed by atoms with Gasteiger partial charge in [-0.15, -0.1) is 0 Å². The fraction of sp³-hybridized carbons (Fsp3) is 0.417. The Morgan fingerprint density at radius 2 is 1.91 bits per heavy atom. The van der Waals surface area contributed by atoms with Gasteiger partial charge in [0.25, 0.3) is 11.4 Å². The number of ether oxygens (including phenoxy) is 1. The lowest BCUT2D eigenvalue weighted by Crippen LogP contribution is -2.41. The van der Waals surface area contributed by atoms with E-state index in [0.29, 0.717) is 26.3 Å². The first-order chi connectivity index (χ1) is 10.5. The van der Waals surface area contributed by atoms with E-state index in [0.717, 1.165) is 18.2 Å². The molecule has 10 nitrogen and oxygen atoms in total. The van der Waals surface area contributed by atoms with Crippen molar-refractivity contribution >= 4 is 23.0 Å². The number of nitrogens with one attached hydrogen (secondary N) is 1. The SMILES string of the molecule is O=C(CN1CCOCC1)Nc1ccc([N+](=O)[O-])cc1[N+](=O)[O-]. The van der Waals surface area contributed by atoms with Crippen molar-refractivity contribution in [2.24, 2.45) is 0 Å². The summed E-state index contributed by atoms with van der Waals surface area (Å²) in [6.07, 6.45) is 0. The van der Waals surface area contributed by atoms with E-state index < -0.39 is 27.1 Å². The Bertz CT molecular complexity index is 599. The maximum atomic E-state index is 11.9. The van der Waals surface area contributed by atoms with E-state index in [1.54, 1.807) is 0 Å². The van der Waals surface area contributed by atoms with Crippen LogP contribution in [0.4, 0.5) is 17.1 Å². The molecule has 2 rings (SSSR count). The summed E-state index contributed by atoms with van der Waals surface area (Å²) in [6, 6.07) is 3.09. The van der Waals surface area contributed by atoms with Gasteiger partial charge in [-0.1, -0.05) is 0 Å². The molecule has 118 valence electrons. The highest BCUT2D eigenvalue weighted by Gasteiger charge is 2.22. The Morgan fingerprint density at radius 3 is 2.50 bits per heavy atom. The van der Waals surface area contributed by atoms with Crippen molar-refractivity contribution in [3.05, 3.63) is 38.4 Å². The highest BCUT2D eigenvalue weighted by Crippen LogP contribution is 2.28. The number of rotatable bonds is 5. The van der Waals surface area contributed by atoms with Gasteiger partial charge in [0.15, 0.2) is 0 Å². The van der Waals surface area contributed by atoms with Crippen molar-refractivity contribution in [1.82, 2.24) is 4.90 Å². The molecule has 10 heteroatoms. The lowest BCUT2D eigenvalue weighted by Gasteiger charge is -2.25. The second-order valence-corrected chi connectivity index (χ2v) is 4.65. The molecule has 0 radical (unpaired) electrons. The molecule has 1 aromatic rings. The number of nitro benzene ring substituents is 2. The average Bonchev–Trinajstić information content (AvgIpc) is 2.48. The molecular weight excluding hydrogens is 296 g/mol. The number of morpholine rings is 1. The Kier molecular flexibility index (Phi) is 4.96. The van der Waals surface area contributed by atoms with Crippen LogP contribution in [0.15, 0.2) is 18.2 Å². The lowest BCUT2D eigenvalue weighted by atomic mass is 10.2. The predicted molar refractivity (Wildman–Crippen MR) is 75.6 cm³/mol. The molecule has 1 fully saturated rings. The topological polar surface area (TPSA) is 128 Å². The third kappa shape index (κ3) is 3.96. The van der Waals surface area contributed by atoms with Crippen molar-refractivity contribution in [3.63, 3.8) is 0 Å². The van der Waals surface area contributed by atoms with Gasteiger partial charge in [-0.2, -0.15) is 0 Å². The van der Waals surface area contributed by atoms with Gasteiger partial charge in [0, 0.05) is 19.2 Å². The first-order valence-corrected chi connectivity index (χ1v) is 6.50. The zero-order valence-corrected chi connectivity index (χ0v) is 11.6. The van der Waals surface area contributed by atoms with Crippen molar-refractivity contribution < 1.29 is 19.4 Å². The largest absolute Gasteiger partial charge is 0.379 e. The van der Waals surface area contributed by atoms with Gasteiger partial charge in [-0.25, -0.2) is 0 Å². The molecule has 0 saturated carbocycles. The van der Waals surface area contributed by atoms with Crippen LogP contribution in [0.25, 0.3) is 0 Å². The van der Waals surface area contributed by atoms with Gasteiger partial charge in [-0.05, 0) is 6.07 Å². The number of amides is 1. The van der Waals surface area contributed by atoms with Crippen LogP contribution in [0, 0.1) is 20.2 Å². The summed E-state index contributed by atoms with van der Waals surface area (Å²) in [5.74, 6) is -0.418. The fourth-order valence-corrected chi connectivity index (χ4v) is 2.04. The summed E-state index contributed by atoms with van der Waals surface area (Å²) >= 11 is 0.